The molecule has 11 heteroatoms. The molecule has 0 aliphatic carbocycles. The first kappa shape index (κ1) is 23.7. The number of hydrogen-bond acceptors (Lipinski definition) is 8. The van der Waals surface area contributed by atoms with Crippen LogP contribution in [0.1, 0.15) is 12.1 Å². The molecular weight excluding hydrogens is 450 g/mol. The van der Waals surface area contributed by atoms with Crippen LogP contribution in [0.4, 0.5) is 17.3 Å². The number of rotatable bonds is 11. The smallest absolute Gasteiger partial charge is 0.238 e. The van der Waals surface area contributed by atoms with E-state index >= 15 is 0 Å². The van der Waals surface area contributed by atoms with E-state index in [2.05, 4.69) is 41.1 Å². The van der Waals surface area contributed by atoms with Crippen molar-refractivity contribution in [3.8, 4) is 0 Å². The predicted octanol–water partition coefficient (Wildman–Crippen LogP) is 3.14. The van der Waals surface area contributed by atoms with E-state index in [4.69, 9.17) is 0 Å². The number of aromatic nitrogens is 5. The first-order chi connectivity index (χ1) is 16.5. The van der Waals surface area contributed by atoms with Gasteiger partial charge in [-0.05, 0) is 88.7 Å². The van der Waals surface area contributed by atoms with E-state index in [0.29, 0.717) is 23.3 Å². The number of nitrogens with zero attached hydrogens (tertiary/aromatic N) is 5. The minimum absolute atomic E-state index is 0.0593. The lowest BCUT2D eigenvalue weighted by Gasteiger charge is -2.10. The minimum Gasteiger partial charge on any atom is -0.325 e. The zero-order valence-corrected chi connectivity index (χ0v) is 20.3. The third-order valence-electron chi connectivity index (χ3n) is 4.92. The number of carbonyl (C=O) groups excluding carboxylic acids is 1. The van der Waals surface area contributed by atoms with Gasteiger partial charge in [0.05, 0.1) is 6.54 Å². The summed E-state index contributed by atoms with van der Waals surface area (Å²) < 4.78 is 1.79. The highest BCUT2D eigenvalue weighted by Gasteiger charge is 2.11. The second-order valence-corrected chi connectivity index (χ2v) is 9.19. The van der Waals surface area contributed by atoms with Crippen molar-refractivity contribution in [3.63, 3.8) is 0 Å². The highest BCUT2D eigenvalue weighted by molar-refractivity contribution is 7.99. The summed E-state index contributed by atoms with van der Waals surface area (Å²) in [5.41, 5.74) is 2.57. The van der Waals surface area contributed by atoms with Crippen molar-refractivity contribution in [1.82, 2.24) is 35.0 Å². The van der Waals surface area contributed by atoms with Crippen LogP contribution in [-0.4, -0.2) is 69.3 Å². The Kier molecular flexibility index (Phi) is 7.78. The molecule has 0 bridgehead atoms. The van der Waals surface area contributed by atoms with Crippen LogP contribution >= 0.6 is 11.8 Å². The second kappa shape index (κ2) is 11.1. The predicted molar refractivity (Wildman–Crippen MR) is 135 cm³/mol. The fraction of sp³-hybridized carbons (Fsp3) is 0.304. The van der Waals surface area contributed by atoms with Gasteiger partial charge in [0.1, 0.15) is 5.52 Å². The fourth-order valence-electron chi connectivity index (χ4n) is 3.29. The molecule has 0 spiro atoms. The highest BCUT2D eigenvalue weighted by atomic mass is 32.2. The Morgan fingerprint density at radius 2 is 2.03 bits per heavy atom. The molecule has 0 aliphatic heterocycles. The van der Waals surface area contributed by atoms with E-state index in [1.165, 1.54) is 11.8 Å². The molecule has 4 rings (SSSR count). The van der Waals surface area contributed by atoms with Crippen molar-refractivity contribution >= 4 is 40.5 Å². The van der Waals surface area contributed by atoms with Crippen LogP contribution in [0.5, 0.6) is 0 Å². The van der Waals surface area contributed by atoms with E-state index in [1.807, 2.05) is 69.7 Å². The third kappa shape index (κ3) is 6.56. The lowest BCUT2D eigenvalue weighted by Crippen LogP contribution is -2.30. The zero-order chi connectivity index (χ0) is 23.9. The summed E-state index contributed by atoms with van der Waals surface area (Å²) in [5.74, 6) is 1.31. The van der Waals surface area contributed by atoms with Crippen molar-refractivity contribution in [2.24, 2.45) is 0 Å². The second-order valence-electron chi connectivity index (χ2n) is 8.15. The van der Waals surface area contributed by atoms with Gasteiger partial charge in [0, 0.05) is 28.5 Å². The van der Waals surface area contributed by atoms with Crippen molar-refractivity contribution in [2.75, 3.05) is 44.4 Å². The first-order valence-corrected chi connectivity index (χ1v) is 11.9. The van der Waals surface area contributed by atoms with Crippen molar-refractivity contribution < 1.29 is 4.79 Å². The number of H-pyrrole nitrogens is 1. The van der Waals surface area contributed by atoms with Crippen LogP contribution in [0.3, 0.4) is 0 Å². The van der Waals surface area contributed by atoms with E-state index in [9.17, 15) is 4.79 Å². The number of aromatic amines is 1. The Labute approximate surface area is 202 Å². The summed E-state index contributed by atoms with van der Waals surface area (Å²) in [7, 11) is 4.08. The normalized spacial score (nSPS) is 11.3. The van der Waals surface area contributed by atoms with Gasteiger partial charge in [-0.25, -0.2) is 9.50 Å². The van der Waals surface area contributed by atoms with Gasteiger partial charge in [0.25, 0.3) is 0 Å². The Balaban J connectivity index is 1.35. The highest BCUT2D eigenvalue weighted by Crippen LogP contribution is 2.28. The Morgan fingerprint density at radius 3 is 2.76 bits per heavy atom. The summed E-state index contributed by atoms with van der Waals surface area (Å²) in [5, 5.41) is 21.7. The maximum atomic E-state index is 12.1. The molecule has 3 aromatic heterocycles. The Bertz CT molecular complexity index is 1230. The third-order valence-corrected chi connectivity index (χ3v) is 5.78. The average molecular weight is 480 g/mol. The van der Waals surface area contributed by atoms with Gasteiger partial charge in [-0.1, -0.05) is 0 Å². The number of fused-ring (bicyclic) bond motifs is 1. The van der Waals surface area contributed by atoms with Crippen molar-refractivity contribution in [2.45, 2.75) is 23.4 Å². The maximum Gasteiger partial charge on any atom is 0.238 e. The molecule has 0 aliphatic rings. The summed E-state index contributed by atoms with van der Waals surface area (Å²) >= 11 is 1.44. The lowest BCUT2D eigenvalue weighted by atomic mass is 10.3. The first-order valence-electron chi connectivity index (χ1n) is 11.0. The monoisotopic (exact) mass is 479 g/mol. The molecule has 0 radical (unpaired) electrons. The van der Waals surface area contributed by atoms with Crippen LogP contribution in [0.2, 0.25) is 0 Å². The molecule has 34 heavy (non-hydrogen) atoms. The molecule has 10 nitrogen and oxygen atoms in total. The van der Waals surface area contributed by atoms with E-state index < -0.39 is 0 Å². The standard InChI is InChI=1S/C23H29N9OS/c1-16-14-20(29-28-16)26-22-19-6-4-13-32(19)30-23(27-22)34-18-9-7-17(8-10-18)25-21(33)15-24-11-5-12-31(2)3/h4,6-10,13-14,24H,5,11-12,15H2,1-3H3,(H,25,33)(H2,26,27,28,29,30). The van der Waals surface area contributed by atoms with Crippen molar-refractivity contribution in [1.29, 1.82) is 0 Å². The SMILES string of the molecule is Cc1cc(Nc2nc(Sc3ccc(NC(=O)CNCCCN(C)C)cc3)nn3cccc23)n[nH]1. The molecule has 178 valence electrons. The zero-order valence-electron chi connectivity index (χ0n) is 19.5. The molecule has 0 fully saturated rings. The van der Waals surface area contributed by atoms with Gasteiger partial charge in [0.2, 0.25) is 11.1 Å². The van der Waals surface area contributed by atoms with Crippen LogP contribution in [-0.2, 0) is 4.79 Å². The summed E-state index contributed by atoms with van der Waals surface area (Å²) in [6, 6.07) is 13.4. The van der Waals surface area contributed by atoms with Gasteiger partial charge >= 0.3 is 0 Å². The van der Waals surface area contributed by atoms with Gasteiger partial charge in [-0.3, -0.25) is 9.89 Å². The van der Waals surface area contributed by atoms with Crippen LogP contribution < -0.4 is 16.0 Å². The number of hydrogen-bond donors (Lipinski definition) is 4. The number of amides is 1. The maximum absolute atomic E-state index is 12.1. The van der Waals surface area contributed by atoms with E-state index in [0.717, 1.165) is 41.3 Å². The number of benzene rings is 1. The average Bonchev–Trinajstić information content (AvgIpc) is 3.43. The largest absolute Gasteiger partial charge is 0.325 e. The quantitative estimate of drug-likeness (QED) is 0.243. The molecule has 4 N–H and O–H groups in total. The molecular formula is C23H29N9OS. The van der Waals surface area contributed by atoms with Gasteiger partial charge in [-0.2, -0.15) is 5.10 Å². The molecule has 0 saturated carbocycles. The molecule has 1 aromatic carbocycles. The molecule has 3 heterocycles. The minimum atomic E-state index is -0.0593. The summed E-state index contributed by atoms with van der Waals surface area (Å²) in [6.07, 6.45) is 2.89. The fourth-order valence-corrected chi connectivity index (χ4v) is 4.04. The number of nitrogens with one attached hydrogen (secondary N) is 4. The Hall–Kier alpha value is -3.41. The number of anilines is 3. The van der Waals surface area contributed by atoms with Gasteiger partial charge in [-0.15, -0.1) is 5.10 Å². The van der Waals surface area contributed by atoms with Crippen LogP contribution in [0, 0.1) is 6.92 Å². The summed E-state index contributed by atoms with van der Waals surface area (Å²) in [6.45, 7) is 4.04. The van der Waals surface area contributed by atoms with Crippen LogP contribution in [0.15, 0.2) is 58.7 Å². The van der Waals surface area contributed by atoms with Gasteiger partial charge in [0.15, 0.2) is 11.6 Å². The van der Waals surface area contributed by atoms with Crippen molar-refractivity contribution in [3.05, 3.63) is 54.4 Å². The lowest BCUT2D eigenvalue weighted by molar-refractivity contribution is -0.115. The van der Waals surface area contributed by atoms with E-state index in [1.54, 1.807) is 4.52 Å². The summed E-state index contributed by atoms with van der Waals surface area (Å²) in [4.78, 5) is 19.9. The molecule has 1 amide bonds. The Morgan fingerprint density at radius 1 is 1.21 bits per heavy atom. The molecule has 0 saturated heterocycles. The number of aryl methyl sites for hydroxylation is 1. The number of carbonyl (C=O) groups is 1. The molecule has 4 aromatic rings. The van der Waals surface area contributed by atoms with Crippen LogP contribution in [0.25, 0.3) is 5.52 Å². The van der Waals surface area contributed by atoms with E-state index in [-0.39, 0.29) is 5.91 Å². The molecule has 0 unspecified atom stereocenters. The van der Waals surface area contributed by atoms with Gasteiger partial charge < -0.3 is 20.9 Å². The molecule has 0 atom stereocenters. The topological polar surface area (TPSA) is 115 Å².